The Bertz CT molecular complexity index is 527. The van der Waals surface area contributed by atoms with E-state index in [0.717, 1.165) is 23.0 Å². The average molecular weight is 358 g/mol. The highest BCUT2D eigenvalue weighted by molar-refractivity contribution is 14.1. The lowest BCUT2D eigenvalue weighted by Crippen LogP contribution is -2.71. The molecule has 0 atom stereocenters. The summed E-state index contributed by atoms with van der Waals surface area (Å²) in [6.07, 6.45) is 7.53. The van der Waals surface area contributed by atoms with Crippen molar-refractivity contribution in [1.82, 2.24) is 9.55 Å². The van der Waals surface area contributed by atoms with E-state index in [1.165, 1.54) is 25.8 Å². The molecule has 1 aromatic heterocycles. The van der Waals surface area contributed by atoms with Crippen LogP contribution in [0.2, 0.25) is 0 Å². The van der Waals surface area contributed by atoms with Crippen LogP contribution in [0.5, 0.6) is 0 Å². The molecule has 5 heteroatoms. The SMILES string of the molecule is COC(=O)C12CC(n3cc(I)nc3C3CC3)(C1)C2. The van der Waals surface area contributed by atoms with Crippen LogP contribution >= 0.6 is 22.6 Å². The number of hydrogen-bond acceptors (Lipinski definition) is 3. The second-order valence-corrected chi connectivity index (χ2v) is 7.20. The van der Waals surface area contributed by atoms with Gasteiger partial charge in [-0.15, -0.1) is 0 Å². The zero-order valence-corrected chi connectivity index (χ0v) is 12.4. The van der Waals surface area contributed by atoms with Gasteiger partial charge in [-0.05, 0) is 54.7 Å². The zero-order valence-electron chi connectivity index (χ0n) is 10.3. The summed E-state index contributed by atoms with van der Waals surface area (Å²) in [4.78, 5) is 16.4. The normalized spacial score (nSPS) is 36.8. The molecule has 0 aliphatic heterocycles. The Morgan fingerprint density at radius 1 is 1.50 bits per heavy atom. The molecule has 4 aliphatic carbocycles. The minimum atomic E-state index is -0.161. The number of nitrogens with zero attached hydrogens (tertiary/aromatic N) is 2. The minimum absolute atomic E-state index is 0.0211. The third-order valence-electron chi connectivity index (χ3n) is 4.78. The van der Waals surface area contributed by atoms with E-state index in [9.17, 15) is 4.79 Å². The summed E-state index contributed by atoms with van der Waals surface area (Å²) in [6, 6.07) is 0. The van der Waals surface area contributed by atoms with Gasteiger partial charge < -0.3 is 9.30 Å². The molecule has 2 bridgehead atoms. The molecule has 96 valence electrons. The minimum Gasteiger partial charge on any atom is -0.469 e. The first-order valence-corrected chi connectivity index (χ1v) is 7.50. The summed E-state index contributed by atoms with van der Waals surface area (Å²) < 4.78 is 8.35. The summed E-state index contributed by atoms with van der Waals surface area (Å²) >= 11 is 2.29. The maximum Gasteiger partial charge on any atom is 0.312 e. The van der Waals surface area contributed by atoms with E-state index in [-0.39, 0.29) is 16.9 Å². The van der Waals surface area contributed by atoms with E-state index < -0.39 is 0 Å². The summed E-state index contributed by atoms with van der Waals surface area (Å²) in [6.45, 7) is 0. The van der Waals surface area contributed by atoms with Gasteiger partial charge in [0.1, 0.15) is 9.53 Å². The highest BCUT2D eigenvalue weighted by Crippen LogP contribution is 2.72. The van der Waals surface area contributed by atoms with Crippen LogP contribution in [0, 0.1) is 9.12 Å². The fourth-order valence-electron chi connectivity index (χ4n) is 3.80. The topological polar surface area (TPSA) is 44.1 Å². The second-order valence-electron chi connectivity index (χ2n) is 6.09. The maximum atomic E-state index is 11.7. The molecular formula is C13H15IN2O2. The molecule has 4 nitrogen and oxygen atoms in total. The predicted octanol–water partition coefficient (Wildman–Crippen LogP) is 2.42. The Morgan fingerprint density at radius 3 is 2.72 bits per heavy atom. The number of methoxy groups -OCH3 is 1. The first kappa shape index (κ1) is 11.3. The third kappa shape index (κ3) is 1.26. The molecule has 0 spiro atoms. The molecule has 0 amide bonds. The Morgan fingerprint density at radius 2 is 2.17 bits per heavy atom. The van der Waals surface area contributed by atoms with Gasteiger partial charge in [-0.3, -0.25) is 4.79 Å². The standard InChI is InChI=1S/C13H15IN2O2/c1-18-11(17)12-5-13(6-12,7-12)16-4-9(14)15-10(16)8-2-3-8/h4,8H,2-3,5-7H2,1H3. The molecule has 1 aromatic rings. The Hall–Kier alpha value is -0.590. The van der Waals surface area contributed by atoms with Gasteiger partial charge in [0.25, 0.3) is 0 Å². The van der Waals surface area contributed by atoms with Crippen molar-refractivity contribution in [3.63, 3.8) is 0 Å². The van der Waals surface area contributed by atoms with Crippen molar-refractivity contribution in [3.05, 3.63) is 15.7 Å². The first-order chi connectivity index (χ1) is 8.58. The molecule has 18 heavy (non-hydrogen) atoms. The average Bonchev–Trinajstić information content (AvgIpc) is 2.99. The fraction of sp³-hybridized carbons (Fsp3) is 0.692. The molecule has 5 rings (SSSR count). The summed E-state index contributed by atoms with van der Waals surface area (Å²) in [7, 11) is 1.49. The lowest BCUT2D eigenvalue weighted by atomic mass is 9.39. The van der Waals surface area contributed by atoms with Crippen LogP contribution in [-0.2, 0) is 15.1 Å². The van der Waals surface area contributed by atoms with Crippen molar-refractivity contribution < 1.29 is 9.53 Å². The van der Waals surface area contributed by atoms with Gasteiger partial charge in [0.05, 0.1) is 12.5 Å². The van der Waals surface area contributed by atoms with Crippen LogP contribution in [0.25, 0.3) is 0 Å². The van der Waals surface area contributed by atoms with E-state index in [1.807, 2.05) is 0 Å². The van der Waals surface area contributed by atoms with Crippen molar-refractivity contribution in [2.75, 3.05) is 7.11 Å². The van der Waals surface area contributed by atoms with Crippen LogP contribution in [0.3, 0.4) is 0 Å². The smallest absolute Gasteiger partial charge is 0.312 e. The number of ether oxygens (including phenoxy) is 1. The molecule has 0 N–H and O–H groups in total. The number of imidazole rings is 1. The van der Waals surface area contributed by atoms with Crippen molar-refractivity contribution >= 4 is 28.6 Å². The molecule has 0 unspecified atom stereocenters. The summed E-state index contributed by atoms with van der Waals surface area (Å²) in [5, 5.41) is 0. The molecular weight excluding hydrogens is 343 g/mol. The zero-order chi connectivity index (χ0) is 12.5. The van der Waals surface area contributed by atoms with Crippen molar-refractivity contribution in [2.45, 2.75) is 43.6 Å². The van der Waals surface area contributed by atoms with E-state index >= 15 is 0 Å². The van der Waals surface area contributed by atoms with E-state index in [2.05, 4.69) is 38.3 Å². The summed E-state index contributed by atoms with van der Waals surface area (Å²) in [5.41, 5.74) is 0.0216. The van der Waals surface area contributed by atoms with Gasteiger partial charge in [0, 0.05) is 17.7 Å². The number of rotatable bonds is 3. The first-order valence-electron chi connectivity index (χ1n) is 6.42. The Kier molecular flexibility index (Phi) is 2.06. The van der Waals surface area contributed by atoms with Crippen LogP contribution in [0.15, 0.2) is 6.20 Å². The van der Waals surface area contributed by atoms with Gasteiger partial charge in [-0.25, -0.2) is 4.98 Å². The van der Waals surface area contributed by atoms with Crippen molar-refractivity contribution in [2.24, 2.45) is 5.41 Å². The lowest BCUT2D eigenvalue weighted by Gasteiger charge is -2.68. The van der Waals surface area contributed by atoms with E-state index in [4.69, 9.17) is 4.74 Å². The number of carbonyl (C=O) groups excluding carboxylic acids is 1. The molecule has 4 fully saturated rings. The second kappa shape index (κ2) is 3.29. The van der Waals surface area contributed by atoms with E-state index in [0.29, 0.717) is 5.92 Å². The number of hydrogen-bond donors (Lipinski definition) is 0. The third-order valence-corrected chi connectivity index (χ3v) is 5.30. The molecule has 1 heterocycles. The highest BCUT2D eigenvalue weighted by Gasteiger charge is 2.73. The molecule has 4 aliphatic rings. The van der Waals surface area contributed by atoms with E-state index in [1.54, 1.807) is 0 Å². The monoisotopic (exact) mass is 358 g/mol. The Balaban J connectivity index is 1.62. The quantitative estimate of drug-likeness (QED) is 0.616. The van der Waals surface area contributed by atoms with Gasteiger partial charge in [-0.2, -0.15) is 0 Å². The van der Waals surface area contributed by atoms with Gasteiger partial charge in [0.15, 0.2) is 0 Å². The molecule has 0 saturated heterocycles. The van der Waals surface area contributed by atoms with Crippen LogP contribution < -0.4 is 0 Å². The number of esters is 1. The van der Waals surface area contributed by atoms with Gasteiger partial charge in [0.2, 0.25) is 0 Å². The fourth-order valence-corrected chi connectivity index (χ4v) is 4.32. The maximum absolute atomic E-state index is 11.7. The predicted molar refractivity (Wildman–Crippen MR) is 73.2 cm³/mol. The molecule has 0 radical (unpaired) electrons. The number of halogens is 1. The van der Waals surface area contributed by atoms with Gasteiger partial charge >= 0.3 is 5.97 Å². The van der Waals surface area contributed by atoms with Crippen LogP contribution in [0.4, 0.5) is 0 Å². The number of aromatic nitrogens is 2. The number of carbonyl (C=O) groups is 1. The highest BCUT2D eigenvalue weighted by atomic mass is 127. The Labute approximate surface area is 119 Å². The van der Waals surface area contributed by atoms with Crippen LogP contribution in [0.1, 0.15) is 43.8 Å². The van der Waals surface area contributed by atoms with Crippen molar-refractivity contribution in [1.29, 1.82) is 0 Å². The molecule has 0 aromatic carbocycles. The largest absolute Gasteiger partial charge is 0.469 e. The van der Waals surface area contributed by atoms with Crippen LogP contribution in [-0.4, -0.2) is 22.6 Å². The van der Waals surface area contributed by atoms with Crippen molar-refractivity contribution in [3.8, 4) is 0 Å². The van der Waals surface area contributed by atoms with Gasteiger partial charge in [-0.1, -0.05) is 0 Å². The molecule has 4 saturated carbocycles. The lowest BCUT2D eigenvalue weighted by molar-refractivity contribution is -0.217. The summed E-state index contributed by atoms with van der Waals surface area (Å²) in [5.74, 6) is 1.89.